The quantitative estimate of drug-likeness (QED) is 0.0242. The molecule has 38 heteroatoms. The van der Waals surface area contributed by atoms with Gasteiger partial charge in [0.05, 0.1) is 67.4 Å². The van der Waals surface area contributed by atoms with Crippen molar-refractivity contribution < 1.29 is 102 Å². The van der Waals surface area contributed by atoms with Crippen LogP contribution in [-0.2, 0) is 99.2 Å². The number of hydrogen-bond donors (Lipinski definition) is 18. The summed E-state index contributed by atoms with van der Waals surface area (Å²) in [6.07, 6.45) is 12.8. The summed E-state index contributed by atoms with van der Waals surface area (Å²) in [5.74, 6) is -17.1. The first-order valence-corrected chi connectivity index (χ1v) is 41.7. The van der Waals surface area contributed by atoms with Gasteiger partial charge in [-0.2, -0.15) is 0 Å². The molecular weight excluding hydrogens is 1610 g/mol. The lowest BCUT2D eigenvalue weighted by Gasteiger charge is -2.36. The highest BCUT2D eigenvalue weighted by Gasteiger charge is 2.48. The normalized spacial score (nSPS) is 16.0. The Hall–Kier alpha value is -12.4. The van der Waals surface area contributed by atoms with Crippen molar-refractivity contribution in [3.8, 4) is 16.8 Å². The van der Waals surface area contributed by atoms with Crippen molar-refractivity contribution in [2.24, 2.45) is 11.5 Å². The Morgan fingerprint density at radius 3 is 1.71 bits per heavy atom. The molecule has 0 aliphatic carbocycles. The third kappa shape index (κ3) is 30.9. The zero-order valence-corrected chi connectivity index (χ0v) is 70.1. The molecule has 124 heavy (non-hydrogen) atoms. The van der Waals surface area contributed by atoms with Gasteiger partial charge in [0, 0.05) is 51.3 Å². The molecule has 6 aromatic rings. The van der Waals surface area contributed by atoms with Crippen molar-refractivity contribution >= 4 is 82.9 Å². The number of amides is 11. The van der Waals surface area contributed by atoms with Crippen LogP contribution in [0.25, 0.3) is 16.8 Å². The second-order valence-corrected chi connectivity index (χ2v) is 31.7. The van der Waals surface area contributed by atoms with E-state index in [0.717, 1.165) is 108 Å². The molecule has 20 N–H and O–H groups in total. The van der Waals surface area contributed by atoms with Crippen LogP contribution in [0.15, 0.2) is 122 Å². The number of aliphatic carboxylic acids is 3. The number of H-pyrrole nitrogens is 1. The molecule has 672 valence electrons. The summed E-state index contributed by atoms with van der Waals surface area (Å²) in [7, 11) is 0. The van der Waals surface area contributed by atoms with Gasteiger partial charge in [-0.15, -0.1) is 5.10 Å². The number of aliphatic hydroxyl groups is 3. The first-order valence-electron chi connectivity index (χ1n) is 41.7. The summed E-state index contributed by atoms with van der Waals surface area (Å²) in [6.45, 7) is 2.39. The largest absolute Gasteiger partial charge is 0.481 e. The highest BCUT2D eigenvalue weighted by Crippen LogP contribution is 2.31. The second-order valence-electron chi connectivity index (χ2n) is 31.7. The predicted molar refractivity (Wildman–Crippen MR) is 448 cm³/mol. The van der Waals surface area contributed by atoms with Crippen molar-refractivity contribution in [1.82, 2.24) is 77.7 Å². The molecule has 4 aromatic carbocycles. The highest BCUT2D eigenvalue weighted by molar-refractivity contribution is 6.01. The van der Waals surface area contributed by atoms with Crippen LogP contribution in [-0.4, -0.2) is 235 Å². The van der Waals surface area contributed by atoms with E-state index in [2.05, 4.69) is 68.1 Å². The third-order valence-corrected chi connectivity index (χ3v) is 21.6. The van der Waals surface area contributed by atoms with Crippen LogP contribution in [0.1, 0.15) is 178 Å². The van der Waals surface area contributed by atoms with E-state index in [-0.39, 0.29) is 44.2 Å². The van der Waals surface area contributed by atoms with E-state index in [9.17, 15) is 92.7 Å². The SMILES string of the molecule is C[C@@H](O)[C@H](NC(=O)CNC(=O)[C@H](CCC(=O)O)NC(=O)[C@]1(C)CCCN1C(=O)[C@@H](N)Cc1c[nH]cn1)C(=O)NC(C)(Cc1ccccc1F)C(=O)N[C@H](C(=O)N[C@@H](CO)C(=O)N[C@@H](CC(=O)O)C(=O)N[C@@H](Cc1ccc(-c2ccccc2)cc1)C(=O)N[C@@H](Cc1ccc(-n2nncc2CCCCCCCCCCCCCCCC(=O)O)cc1)C(N)=O)[C@@H](C)O. The zero-order chi connectivity index (χ0) is 90.6. The number of likely N-dealkylation sites (tertiary alicyclic amines) is 1. The van der Waals surface area contributed by atoms with E-state index >= 15 is 4.39 Å². The molecule has 37 nitrogen and oxygen atoms in total. The van der Waals surface area contributed by atoms with Crippen molar-refractivity contribution in [1.29, 1.82) is 0 Å². The molecule has 7 rings (SSSR count). The van der Waals surface area contributed by atoms with E-state index in [1.54, 1.807) is 65.6 Å². The molecule has 0 saturated carbocycles. The molecular formula is C86H116FN17O20. The Morgan fingerprint density at radius 1 is 0.589 bits per heavy atom. The van der Waals surface area contributed by atoms with Crippen molar-refractivity contribution in [3.05, 3.63) is 156 Å². The number of aliphatic hydroxyl groups excluding tert-OH is 3. The van der Waals surface area contributed by atoms with Crippen LogP contribution < -0.4 is 59.3 Å². The topological polar surface area (TPSA) is 583 Å². The fourth-order valence-corrected chi connectivity index (χ4v) is 14.5. The van der Waals surface area contributed by atoms with Gasteiger partial charge in [0.2, 0.25) is 65.0 Å². The standard InChI is InChI=1S/C86H116FN17O20/c1-52(106)73(100-83(123)85(3,46-58-26-21-22-28-62(58)87)101-81(121)74(53(2)107)99-69(108)49-91-76(116)64(38-39-71(111)112)98-84(124)86(4)40-23-41-103(86)82(122)63(88)44-59-47-90-51-92-59)80(120)97-68(50-105)79(119)96-67(45-72(113)114)78(118)95-66(43-54-30-34-57(35-31-54)56-24-17-16-18-25-56)77(117)94-65(75(89)115)42-55-32-36-60(37-33-55)104-61(48-93-102-104)27-19-14-12-10-8-6-5-7-9-11-13-15-20-29-70(109)110/h16-18,21-22,24-26,28,30-37,47-48,51-53,63-68,73-74,105-107H,5-15,19-20,23,27,29,38-46,49-50,88H2,1-4H3,(H2,89,115)(H,90,92)(H,91,116)(H,94,117)(H,95,118)(H,96,119)(H,97,120)(H,98,124)(H,99,108)(H,100,123)(H,101,121)(H,109,110)(H,111,112)(H,113,114)/t52-,53-,63+,64+,65+,66+,67+,68+,73+,74+,85?,86+/m1/s1. The monoisotopic (exact) mass is 1730 g/mol. The number of carboxylic acids is 3. The number of nitrogens with one attached hydrogen (secondary N) is 10. The molecule has 11 amide bonds. The van der Waals surface area contributed by atoms with Gasteiger partial charge in [-0.25, -0.2) is 14.1 Å². The van der Waals surface area contributed by atoms with Gasteiger partial charge in [0.25, 0.3) is 0 Å². The minimum atomic E-state index is -2.43. The lowest BCUT2D eigenvalue weighted by atomic mass is 9.90. The minimum absolute atomic E-state index is 0.0263. The van der Waals surface area contributed by atoms with Crippen molar-refractivity contribution in [3.63, 3.8) is 0 Å². The number of aryl methyl sites for hydroxylation is 1. The van der Waals surface area contributed by atoms with Gasteiger partial charge >= 0.3 is 17.9 Å². The van der Waals surface area contributed by atoms with Gasteiger partial charge in [-0.05, 0) is 112 Å². The number of halogens is 1. The number of nitrogens with zero attached hydrogens (tertiary/aromatic N) is 5. The van der Waals surface area contributed by atoms with Gasteiger partial charge in [0.1, 0.15) is 59.2 Å². The lowest BCUT2D eigenvalue weighted by Crippen LogP contribution is -2.67. The number of aromatic nitrogens is 5. The fourth-order valence-electron chi connectivity index (χ4n) is 14.5. The summed E-state index contributed by atoms with van der Waals surface area (Å²) in [4.78, 5) is 198. The average molecular weight is 1730 g/mol. The van der Waals surface area contributed by atoms with E-state index in [1.807, 2.05) is 30.3 Å². The smallest absolute Gasteiger partial charge is 0.305 e. The number of primary amides is 1. The Kier molecular flexibility index (Phi) is 39.0. The number of unbranched alkanes of at least 4 members (excludes halogenated alkanes) is 12. The summed E-state index contributed by atoms with van der Waals surface area (Å²) < 4.78 is 17.3. The Labute approximate surface area is 716 Å². The molecule has 0 radical (unpaired) electrons. The van der Waals surface area contributed by atoms with Crippen molar-refractivity contribution in [2.45, 2.75) is 253 Å². The number of carbonyl (C=O) groups excluding carboxylic acids is 11. The van der Waals surface area contributed by atoms with Crippen LogP contribution in [0.2, 0.25) is 0 Å². The average Bonchev–Trinajstić information content (AvgIpc) is 1.60. The maximum Gasteiger partial charge on any atom is 0.305 e. The van der Waals surface area contributed by atoms with Gasteiger partial charge in [0.15, 0.2) is 0 Å². The van der Waals surface area contributed by atoms with Gasteiger partial charge in [-0.3, -0.25) is 67.1 Å². The van der Waals surface area contributed by atoms with Crippen LogP contribution in [0.5, 0.6) is 0 Å². The van der Waals surface area contributed by atoms with E-state index in [4.69, 9.17) is 16.6 Å². The number of aromatic amines is 1. The Bertz CT molecular complexity index is 4580. The molecule has 1 aliphatic heterocycles. The molecule has 1 saturated heterocycles. The third-order valence-electron chi connectivity index (χ3n) is 21.6. The summed E-state index contributed by atoms with van der Waals surface area (Å²) >= 11 is 0. The number of rotatable bonds is 54. The second kappa shape index (κ2) is 49.0. The van der Waals surface area contributed by atoms with E-state index in [1.165, 1.54) is 62.0 Å². The van der Waals surface area contributed by atoms with Crippen LogP contribution in [0, 0.1) is 5.82 Å². The van der Waals surface area contributed by atoms with E-state index in [0.29, 0.717) is 28.9 Å². The number of carboxylic acid groups (broad SMARTS) is 3. The van der Waals surface area contributed by atoms with Crippen LogP contribution in [0.3, 0.4) is 0 Å². The van der Waals surface area contributed by atoms with E-state index < -0.39 is 199 Å². The maximum atomic E-state index is 15.6. The summed E-state index contributed by atoms with van der Waals surface area (Å²) in [5, 5.41) is 90.7. The summed E-state index contributed by atoms with van der Waals surface area (Å²) in [6, 6.07) is 13.9. The molecule has 1 fully saturated rings. The number of imidazole rings is 1. The number of benzene rings is 4. The lowest BCUT2D eigenvalue weighted by molar-refractivity contribution is -0.146. The molecule has 1 aliphatic rings. The molecule has 3 heterocycles. The first-order chi connectivity index (χ1) is 59.1. The predicted octanol–water partition coefficient (Wildman–Crippen LogP) is 1.83. The molecule has 2 aromatic heterocycles. The zero-order valence-electron chi connectivity index (χ0n) is 70.1. The molecule has 1 unspecified atom stereocenters. The number of carbonyl (C=O) groups is 14. The molecule has 12 atom stereocenters. The molecule has 0 bridgehead atoms. The summed E-state index contributed by atoms with van der Waals surface area (Å²) in [5.41, 5.74) is 12.6. The number of nitrogens with two attached hydrogens (primary N) is 2. The van der Waals surface area contributed by atoms with Crippen LogP contribution >= 0.6 is 0 Å². The first kappa shape index (κ1) is 98.7. The number of hydrogen-bond acceptors (Lipinski definition) is 21. The van der Waals surface area contributed by atoms with Crippen molar-refractivity contribution in [2.75, 3.05) is 19.7 Å². The minimum Gasteiger partial charge on any atom is -0.481 e. The highest BCUT2D eigenvalue weighted by atomic mass is 19.1. The Balaban J connectivity index is 0.993. The maximum absolute atomic E-state index is 15.6. The van der Waals surface area contributed by atoms with Gasteiger partial charge < -0.3 is 99.8 Å². The van der Waals surface area contributed by atoms with Crippen LogP contribution in [0.4, 0.5) is 4.39 Å². The molecule has 0 spiro atoms. The van der Waals surface area contributed by atoms with Gasteiger partial charge in [-0.1, -0.05) is 161 Å². The fraction of sp³-hybridized carbons (Fsp3) is 0.500. The Morgan fingerprint density at radius 2 is 1.13 bits per heavy atom.